The van der Waals surface area contributed by atoms with Crippen molar-refractivity contribution in [3.63, 3.8) is 0 Å². The summed E-state index contributed by atoms with van der Waals surface area (Å²) in [5.74, 6) is 0.662. The summed E-state index contributed by atoms with van der Waals surface area (Å²) < 4.78 is 0. The number of nitrogens with one attached hydrogen (secondary N) is 1. The van der Waals surface area contributed by atoms with Gasteiger partial charge in [-0.2, -0.15) is 0 Å². The Morgan fingerprint density at radius 3 is 2.71 bits per heavy atom. The van der Waals surface area contributed by atoms with E-state index >= 15 is 0 Å². The minimum atomic E-state index is 0.588. The Hall–Kier alpha value is -0.770. The van der Waals surface area contributed by atoms with Gasteiger partial charge in [0.1, 0.15) is 0 Å². The molecule has 1 heterocycles. The van der Waals surface area contributed by atoms with Crippen molar-refractivity contribution in [3.8, 4) is 0 Å². The number of hydrogen-bond donors (Lipinski definition) is 1. The van der Waals surface area contributed by atoms with E-state index < -0.39 is 0 Å². The van der Waals surface area contributed by atoms with Crippen molar-refractivity contribution in [1.82, 2.24) is 10.2 Å². The molecule has 1 aliphatic rings. The first-order chi connectivity index (χ1) is 9.97. The molecule has 1 atom stereocenters. The molecule has 118 valence electrons. The number of halogens is 1. The normalized spacial score (nSPS) is 20.3. The van der Waals surface area contributed by atoms with E-state index in [1.54, 1.807) is 0 Å². The Labute approximate surface area is 134 Å². The molecule has 1 unspecified atom stereocenters. The molecule has 4 heteroatoms. The lowest BCUT2D eigenvalue weighted by Gasteiger charge is -2.39. The summed E-state index contributed by atoms with van der Waals surface area (Å²) in [5, 5.41) is 4.32. The predicted molar refractivity (Wildman–Crippen MR) is 92.3 cm³/mol. The highest BCUT2D eigenvalue weighted by molar-refractivity contribution is 6.31. The SMILES string of the molecule is CC(C)CNCc1ccc(N2CCN(C)C(C)C2)cc1Cl. The fourth-order valence-corrected chi connectivity index (χ4v) is 2.90. The summed E-state index contributed by atoms with van der Waals surface area (Å²) in [7, 11) is 2.19. The van der Waals surface area contributed by atoms with Crippen molar-refractivity contribution in [2.75, 3.05) is 38.1 Å². The van der Waals surface area contributed by atoms with Crippen molar-refractivity contribution < 1.29 is 0 Å². The molecule has 1 aromatic rings. The van der Waals surface area contributed by atoms with E-state index in [2.05, 4.69) is 61.1 Å². The van der Waals surface area contributed by atoms with Crippen LogP contribution in [0.4, 0.5) is 5.69 Å². The van der Waals surface area contributed by atoms with Crippen molar-refractivity contribution in [1.29, 1.82) is 0 Å². The Morgan fingerprint density at radius 2 is 2.10 bits per heavy atom. The van der Waals surface area contributed by atoms with E-state index in [4.69, 9.17) is 11.6 Å². The Kier molecular flexibility index (Phi) is 5.91. The lowest BCUT2D eigenvalue weighted by atomic mass is 10.1. The third-order valence-electron chi connectivity index (χ3n) is 4.23. The van der Waals surface area contributed by atoms with Crippen LogP contribution in [0.3, 0.4) is 0 Å². The van der Waals surface area contributed by atoms with E-state index in [1.807, 2.05) is 0 Å². The van der Waals surface area contributed by atoms with Gasteiger partial charge in [0, 0.05) is 42.9 Å². The fourth-order valence-electron chi connectivity index (χ4n) is 2.65. The number of hydrogen-bond acceptors (Lipinski definition) is 3. The molecule has 1 N–H and O–H groups in total. The number of likely N-dealkylation sites (N-methyl/N-ethyl adjacent to an activating group) is 1. The maximum atomic E-state index is 6.45. The summed E-state index contributed by atoms with van der Waals surface area (Å²) in [6.07, 6.45) is 0. The zero-order chi connectivity index (χ0) is 15.4. The number of rotatable bonds is 5. The number of anilines is 1. The maximum Gasteiger partial charge on any atom is 0.0471 e. The Bertz CT molecular complexity index is 461. The van der Waals surface area contributed by atoms with Gasteiger partial charge in [-0.1, -0.05) is 31.5 Å². The van der Waals surface area contributed by atoms with Crippen molar-refractivity contribution in [2.45, 2.75) is 33.4 Å². The molecule has 0 bridgehead atoms. The maximum absolute atomic E-state index is 6.45. The monoisotopic (exact) mass is 309 g/mol. The molecule has 0 saturated carbocycles. The van der Waals surface area contributed by atoms with Crippen LogP contribution in [-0.2, 0) is 6.54 Å². The van der Waals surface area contributed by atoms with Gasteiger partial charge in [0.25, 0.3) is 0 Å². The highest BCUT2D eigenvalue weighted by atomic mass is 35.5. The van der Waals surface area contributed by atoms with Crippen molar-refractivity contribution in [3.05, 3.63) is 28.8 Å². The molecule has 0 amide bonds. The van der Waals surface area contributed by atoms with Crippen LogP contribution in [0.15, 0.2) is 18.2 Å². The first kappa shape index (κ1) is 16.6. The Morgan fingerprint density at radius 1 is 1.33 bits per heavy atom. The quantitative estimate of drug-likeness (QED) is 0.901. The minimum Gasteiger partial charge on any atom is -0.369 e. The standard InChI is InChI=1S/C17H28ClN3/c1-13(2)10-19-11-15-5-6-16(9-17(15)18)21-8-7-20(4)14(3)12-21/h5-6,9,13-14,19H,7-8,10-12H2,1-4H3. The molecule has 1 fully saturated rings. The Balaban J connectivity index is 1.98. The molecule has 1 saturated heterocycles. The molecule has 0 aromatic heterocycles. The van der Waals surface area contributed by atoms with Gasteiger partial charge in [-0.25, -0.2) is 0 Å². The van der Waals surface area contributed by atoms with Gasteiger partial charge in [-0.3, -0.25) is 0 Å². The topological polar surface area (TPSA) is 18.5 Å². The van der Waals surface area contributed by atoms with E-state index in [9.17, 15) is 0 Å². The van der Waals surface area contributed by atoms with Gasteiger partial charge >= 0.3 is 0 Å². The summed E-state index contributed by atoms with van der Waals surface area (Å²) in [5.41, 5.74) is 2.43. The van der Waals surface area contributed by atoms with Crippen molar-refractivity contribution in [2.24, 2.45) is 5.92 Å². The van der Waals surface area contributed by atoms with Crippen LogP contribution >= 0.6 is 11.6 Å². The first-order valence-electron chi connectivity index (χ1n) is 7.91. The largest absolute Gasteiger partial charge is 0.369 e. The van der Waals surface area contributed by atoms with E-state index in [0.717, 1.165) is 37.7 Å². The van der Waals surface area contributed by atoms with Gasteiger partial charge in [-0.15, -0.1) is 0 Å². The van der Waals surface area contributed by atoms with Crippen LogP contribution < -0.4 is 10.2 Å². The highest BCUT2D eigenvalue weighted by Crippen LogP contribution is 2.25. The second-order valence-electron chi connectivity index (χ2n) is 6.58. The second kappa shape index (κ2) is 7.48. The summed E-state index contributed by atoms with van der Waals surface area (Å²) in [4.78, 5) is 4.84. The van der Waals surface area contributed by atoms with Crippen LogP contribution in [0.2, 0.25) is 5.02 Å². The van der Waals surface area contributed by atoms with E-state index in [0.29, 0.717) is 12.0 Å². The third kappa shape index (κ3) is 4.60. The number of nitrogens with zero attached hydrogens (tertiary/aromatic N) is 2. The van der Waals surface area contributed by atoms with Gasteiger partial charge in [-0.05, 0) is 44.1 Å². The third-order valence-corrected chi connectivity index (χ3v) is 4.58. The molecule has 1 aliphatic heterocycles. The first-order valence-corrected chi connectivity index (χ1v) is 8.29. The second-order valence-corrected chi connectivity index (χ2v) is 6.98. The smallest absolute Gasteiger partial charge is 0.0471 e. The summed E-state index contributed by atoms with van der Waals surface area (Å²) in [6.45, 7) is 11.8. The number of benzene rings is 1. The molecule has 0 spiro atoms. The van der Waals surface area contributed by atoms with Gasteiger partial charge in [0.15, 0.2) is 0 Å². The predicted octanol–water partition coefficient (Wildman–Crippen LogP) is 3.23. The van der Waals surface area contributed by atoms with Gasteiger partial charge in [0.2, 0.25) is 0 Å². The molecular formula is C17H28ClN3. The average Bonchev–Trinajstić information content (AvgIpc) is 2.43. The summed E-state index contributed by atoms with van der Waals surface area (Å²) in [6, 6.07) is 7.07. The van der Waals surface area contributed by atoms with Gasteiger partial charge in [0.05, 0.1) is 0 Å². The van der Waals surface area contributed by atoms with Crippen LogP contribution in [-0.4, -0.2) is 44.2 Å². The molecule has 1 aromatic carbocycles. The van der Waals surface area contributed by atoms with Crippen molar-refractivity contribution >= 4 is 17.3 Å². The fraction of sp³-hybridized carbons (Fsp3) is 0.647. The van der Waals surface area contributed by atoms with Crippen LogP contribution in [0.1, 0.15) is 26.3 Å². The number of piperazine rings is 1. The lowest BCUT2D eigenvalue weighted by molar-refractivity contribution is 0.234. The van der Waals surface area contributed by atoms with E-state index in [1.165, 1.54) is 11.3 Å². The molecule has 0 aliphatic carbocycles. The lowest BCUT2D eigenvalue weighted by Crippen LogP contribution is -2.50. The van der Waals surface area contributed by atoms with E-state index in [-0.39, 0.29) is 0 Å². The molecule has 21 heavy (non-hydrogen) atoms. The van der Waals surface area contributed by atoms with Crippen LogP contribution in [0, 0.1) is 5.92 Å². The van der Waals surface area contributed by atoms with Gasteiger partial charge < -0.3 is 15.1 Å². The van der Waals surface area contributed by atoms with Crippen LogP contribution in [0.5, 0.6) is 0 Å². The zero-order valence-corrected chi connectivity index (χ0v) is 14.5. The zero-order valence-electron chi connectivity index (χ0n) is 13.7. The molecule has 3 nitrogen and oxygen atoms in total. The minimum absolute atomic E-state index is 0.588. The molecule has 2 rings (SSSR count). The highest BCUT2D eigenvalue weighted by Gasteiger charge is 2.21. The summed E-state index contributed by atoms with van der Waals surface area (Å²) >= 11 is 6.45. The average molecular weight is 310 g/mol. The molecular weight excluding hydrogens is 282 g/mol. The molecule has 0 radical (unpaired) electrons. The van der Waals surface area contributed by atoms with Crippen LogP contribution in [0.25, 0.3) is 0 Å².